The van der Waals surface area contributed by atoms with Crippen LogP contribution in [0.15, 0.2) is 0 Å². The van der Waals surface area contributed by atoms with Crippen molar-refractivity contribution >= 4 is 0 Å². The minimum atomic E-state index is -0.775. The molecular weight excluding hydrogens is 153 g/mol. The van der Waals surface area contributed by atoms with Gasteiger partial charge in [-0.25, -0.2) is 4.39 Å². The molecular formula is C10H20FN. The molecule has 1 nitrogen and oxygen atoms in total. The lowest BCUT2D eigenvalue weighted by molar-refractivity contribution is 0.0871. The van der Waals surface area contributed by atoms with Crippen molar-refractivity contribution in [3.63, 3.8) is 0 Å². The smallest absolute Gasteiger partial charge is 0.115 e. The Morgan fingerprint density at radius 1 is 1.25 bits per heavy atom. The number of rotatable bonds is 0. The highest BCUT2D eigenvalue weighted by Crippen LogP contribution is 2.37. The van der Waals surface area contributed by atoms with Gasteiger partial charge in [-0.05, 0) is 24.2 Å². The van der Waals surface area contributed by atoms with Gasteiger partial charge in [0, 0.05) is 6.04 Å². The second kappa shape index (κ2) is 3.33. The van der Waals surface area contributed by atoms with Gasteiger partial charge in [0.15, 0.2) is 0 Å². The second-order valence-corrected chi connectivity index (χ2v) is 5.00. The zero-order valence-corrected chi connectivity index (χ0v) is 8.31. The van der Waals surface area contributed by atoms with Gasteiger partial charge in [0.1, 0.15) is 6.17 Å². The highest BCUT2D eigenvalue weighted by molar-refractivity contribution is 4.90. The molecule has 0 saturated heterocycles. The van der Waals surface area contributed by atoms with Crippen molar-refractivity contribution in [2.45, 2.75) is 52.2 Å². The van der Waals surface area contributed by atoms with Crippen LogP contribution in [0.1, 0.15) is 40.0 Å². The summed E-state index contributed by atoms with van der Waals surface area (Å²) >= 11 is 0. The van der Waals surface area contributed by atoms with Crippen LogP contribution in [0, 0.1) is 11.3 Å². The Bertz CT molecular complexity index is 150. The fourth-order valence-electron chi connectivity index (χ4n) is 2.18. The van der Waals surface area contributed by atoms with Gasteiger partial charge < -0.3 is 5.73 Å². The molecule has 12 heavy (non-hydrogen) atoms. The van der Waals surface area contributed by atoms with E-state index in [9.17, 15) is 4.39 Å². The number of alkyl halides is 1. The van der Waals surface area contributed by atoms with E-state index in [1.54, 1.807) is 0 Å². The fourth-order valence-corrected chi connectivity index (χ4v) is 2.18. The SMILES string of the molecule is CC(C)(C)[C@@H]1CCC[C@H](F)[C@H]1N. The summed E-state index contributed by atoms with van der Waals surface area (Å²) in [5, 5.41) is 0. The quantitative estimate of drug-likeness (QED) is 0.598. The summed E-state index contributed by atoms with van der Waals surface area (Å²) in [4.78, 5) is 0. The molecule has 0 heterocycles. The summed E-state index contributed by atoms with van der Waals surface area (Å²) < 4.78 is 13.2. The highest BCUT2D eigenvalue weighted by Gasteiger charge is 2.37. The Morgan fingerprint density at radius 3 is 2.25 bits per heavy atom. The Balaban J connectivity index is 2.64. The Hall–Kier alpha value is -0.110. The Morgan fingerprint density at radius 2 is 1.83 bits per heavy atom. The van der Waals surface area contributed by atoms with Gasteiger partial charge >= 0.3 is 0 Å². The molecule has 2 heteroatoms. The lowest BCUT2D eigenvalue weighted by atomic mass is 9.69. The molecule has 0 radical (unpaired) electrons. The third-order valence-corrected chi connectivity index (χ3v) is 2.99. The first-order chi connectivity index (χ1) is 5.43. The molecule has 1 fully saturated rings. The summed E-state index contributed by atoms with van der Waals surface area (Å²) in [5.41, 5.74) is 5.99. The second-order valence-electron chi connectivity index (χ2n) is 5.00. The maximum absolute atomic E-state index is 13.2. The normalized spacial score (nSPS) is 38.2. The summed E-state index contributed by atoms with van der Waals surface area (Å²) in [7, 11) is 0. The maximum atomic E-state index is 13.2. The number of nitrogens with two attached hydrogens (primary N) is 1. The summed E-state index contributed by atoms with van der Waals surface area (Å²) in [6, 6.07) is -0.237. The van der Waals surface area contributed by atoms with Crippen LogP contribution in [0.25, 0.3) is 0 Å². The van der Waals surface area contributed by atoms with Gasteiger partial charge in [-0.2, -0.15) is 0 Å². The molecule has 0 aromatic rings. The third-order valence-electron chi connectivity index (χ3n) is 2.99. The van der Waals surface area contributed by atoms with Crippen LogP contribution in [0.2, 0.25) is 0 Å². The van der Waals surface area contributed by atoms with E-state index in [4.69, 9.17) is 5.73 Å². The molecule has 0 aromatic carbocycles. The van der Waals surface area contributed by atoms with Crippen LogP contribution in [0.5, 0.6) is 0 Å². The van der Waals surface area contributed by atoms with Crippen molar-refractivity contribution < 1.29 is 4.39 Å². The molecule has 0 amide bonds. The van der Waals surface area contributed by atoms with E-state index in [0.717, 1.165) is 12.8 Å². The molecule has 0 bridgehead atoms. The summed E-state index contributed by atoms with van der Waals surface area (Å²) in [5.74, 6) is 0.348. The molecule has 3 atom stereocenters. The first kappa shape index (κ1) is 9.97. The molecule has 0 spiro atoms. The molecule has 0 unspecified atom stereocenters. The van der Waals surface area contributed by atoms with Gasteiger partial charge in [-0.3, -0.25) is 0 Å². The first-order valence-electron chi connectivity index (χ1n) is 4.82. The third kappa shape index (κ3) is 1.98. The van der Waals surface area contributed by atoms with Crippen LogP contribution in [-0.4, -0.2) is 12.2 Å². The molecule has 2 N–H and O–H groups in total. The molecule has 0 aromatic heterocycles. The molecule has 1 aliphatic rings. The van der Waals surface area contributed by atoms with Crippen molar-refractivity contribution in [1.82, 2.24) is 0 Å². The van der Waals surface area contributed by atoms with Crippen molar-refractivity contribution in [2.75, 3.05) is 0 Å². The number of hydrogen-bond donors (Lipinski definition) is 1. The Labute approximate surface area is 74.5 Å². The van der Waals surface area contributed by atoms with E-state index in [1.165, 1.54) is 0 Å². The first-order valence-corrected chi connectivity index (χ1v) is 4.82. The lowest BCUT2D eigenvalue weighted by Crippen LogP contribution is -2.47. The monoisotopic (exact) mass is 173 g/mol. The highest BCUT2D eigenvalue weighted by atomic mass is 19.1. The van der Waals surface area contributed by atoms with Crippen LogP contribution in [0.3, 0.4) is 0 Å². The molecule has 1 rings (SSSR count). The average Bonchev–Trinajstić information content (AvgIpc) is 1.92. The summed E-state index contributed by atoms with van der Waals surface area (Å²) in [6.45, 7) is 6.45. The van der Waals surface area contributed by atoms with Gasteiger partial charge in [-0.15, -0.1) is 0 Å². The van der Waals surface area contributed by atoms with Gasteiger partial charge in [0.25, 0.3) is 0 Å². The molecule has 1 aliphatic carbocycles. The zero-order valence-electron chi connectivity index (χ0n) is 8.31. The van der Waals surface area contributed by atoms with E-state index in [2.05, 4.69) is 20.8 Å². The summed E-state index contributed by atoms with van der Waals surface area (Å²) in [6.07, 6.45) is 1.97. The van der Waals surface area contributed by atoms with E-state index < -0.39 is 6.17 Å². The van der Waals surface area contributed by atoms with E-state index in [0.29, 0.717) is 12.3 Å². The molecule has 72 valence electrons. The standard InChI is InChI=1S/C10H20FN/c1-10(2,3)7-5-4-6-8(11)9(7)12/h7-9H,4-6,12H2,1-3H3/t7-,8+,9+/m1/s1. The van der Waals surface area contributed by atoms with Crippen molar-refractivity contribution in [3.05, 3.63) is 0 Å². The zero-order chi connectivity index (χ0) is 9.35. The molecule has 1 saturated carbocycles. The van der Waals surface area contributed by atoms with Crippen LogP contribution in [-0.2, 0) is 0 Å². The largest absolute Gasteiger partial charge is 0.325 e. The average molecular weight is 173 g/mol. The fraction of sp³-hybridized carbons (Fsp3) is 1.00. The van der Waals surface area contributed by atoms with E-state index in [1.807, 2.05) is 0 Å². The predicted octanol–water partition coefficient (Wildman–Crippen LogP) is 2.50. The minimum absolute atomic E-state index is 0.157. The molecule has 0 aliphatic heterocycles. The van der Waals surface area contributed by atoms with Crippen LogP contribution in [0.4, 0.5) is 4.39 Å². The van der Waals surface area contributed by atoms with Crippen LogP contribution < -0.4 is 5.73 Å². The number of halogens is 1. The van der Waals surface area contributed by atoms with Gasteiger partial charge in [0.05, 0.1) is 0 Å². The van der Waals surface area contributed by atoms with Crippen molar-refractivity contribution in [2.24, 2.45) is 17.1 Å². The topological polar surface area (TPSA) is 26.0 Å². The maximum Gasteiger partial charge on any atom is 0.115 e. The minimum Gasteiger partial charge on any atom is -0.325 e. The van der Waals surface area contributed by atoms with E-state index >= 15 is 0 Å². The van der Waals surface area contributed by atoms with Gasteiger partial charge in [-0.1, -0.05) is 27.2 Å². The van der Waals surface area contributed by atoms with Crippen molar-refractivity contribution in [3.8, 4) is 0 Å². The predicted molar refractivity (Wildman–Crippen MR) is 49.7 cm³/mol. The lowest BCUT2D eigenvalue weighted by Gasteiger charge is -2.40. The van der Waals surface area contributed by atoms with E-state index in [-0.39, 0.29) is 11.5 Å². The van der Waals surface area contributed by atoms with Crippen LogP contribution >= 0.6 is 0 Å². The number of hydrogen-bond acceptors (Lipinski definition) is 1. The van der Waals surface area contributed by atoms with Crippen molar-refractivity contribution in [1.29, 1.82) is 0 Å². The van der Waals surface area contributed by atoms with Gasteiger partial charge in [0.2, 0.25) is 0 Å². The Kier molecular flexibility index (Phi) is 2.77.